The quantitative estimate of drug-likeness (QED) is 0.721. The predicted octanol–water partition coefficient (Wildman–Crippen LogP) is 1.44. The summed E-state index contributed by atoms with van der Waals surface area (Å²) in [5.41, 5.74) is 0.222. The summed E-state index contributed by atoms with van der Waals surface area (Å²) in [7, 11) is 1.50. The van der Waals surface area contributed by atoms with Crippen LogP contribution in [-0.4, -0.2) is 29.9 Å². The van der Waals surface area contributed by atoms with Crippen LogP contribution < -0.4 is 4.74 Å². The summed E-state index contributed by atoms with van der Waals surface area (Å²) in [6.07, 6.45) is 3.55. The van der Waals surface area contributed by atoms with Crippen molar-refractivity contribution in [3.05, 3.63) is 17.8 Å². The van der Waals surface area contributed by atoms with Crippen LogP contribution in [0.4, 0.5) is 0 Å². The van der Waals surface area contributed by atoms with Crippen molar-refractivity contribution >= 4 is 5.97 Å². The number of methoxy groups -OCH3 is 1. The second-order valence-corrected chi connectivity index (χ2v) is 3.86. The average molecular weight is 222 g/mol. The molecule has 5 heteroatoms. The van der Waals surface area contributed by atoms with E-state index in [9.17, 15) is 4.79 Å². The van der Waals surface area contributed by atoms with E-state index in [1.165, 1.54) is 13.5 Å². The van der Waals surface area contributed by atoms with Crippen LogP contribution in [0.15, 0.2) is 12.1 Å². The van der Waals surface area contributed by atoms with Gasteiger partial charge in [-0.25, -0.2) is 4.79 Å². The lowest BCUT2D eigenvalue weighted by Crippen LogP contribution is -2.20. The number of hydrogen-bond donors (Lipinski definition) is 0. The van der Waals surface area contributed by atoms with Crippen LogP contribution in [-0.2, 0) is 4.74 Å². The fraction of sp³-hybridized carbons (Fsp3) is 0.545. The highest BCUT2D eigenvalue weighted by atomic mass is 16.5. The lowest BCUT2D eigenvalue weighted by molar-refractivity contribution is 0.0363. The smallest absolute Gasteiger partial charge is 0.358 e. The molecular weight excluding hydrogens is 208 g/mol. The normalized spacial score (nSPS) is 15.3. The Bertz CT molecular complexity index is 360. The molecule has 1 fully saturated rings. The number of rotatable bonds is 4. The Morgan fingerprint density at radius 3 is 2.75 bits per heavy atom. The summed E-state index contributed by atoms with van der Waals surface area (Å²) in [6, 6.07) is 3.14. The Morgan fingerprint density at radius 2 is 2.25 bits per heavy atom. The minimum absolute atomic E-state index is 0.222. The molecule has 0 N–H and O–H groups in total. The molecule has 1 aromatic heterocycles. The minimum Gasteiger partial charge on any atom is -0.480 e. The lowest BCUT2D eigenvalue weighted by atomic mass is 9.86. The van der Waals surface area contributed by atoms with Crippen molar-refractivity contribution in [1.82, 2.24) is 10.2 Å². The van der Waals surface area contributed by atoms with E-state index in [2.05, 4.69) is 10.2 Å². The van der Waals surface area contributed by atoms with Crippen LogP contribution in [0.2, 0.25) is 0 Å². The Hall–Kier alpha value is -1.65. The number of nitrogens with zero attached hydrogens (tertiary/aromatic N) is 2. The molecule has 0 atom stereocenters. The molecule has 2 rings (SSSR count). The third-order valence-corrected chi connectivity index (χ3v) is 2.73. The third kappa shape index (κ3) is 2.48. The first-order chi connectivity index (χ1) is 7.79. The van der Waals surface area contributed by atoms with Gasteiger partial charge < -0.3 is 9.47 Å². The van der Waals surface area contributed by atoms with Crippen molar-refractivity contribution < 1.29 is 14.3 Å². The highest BCUT2D eigenvalue weighted by Gasteiger charge is 2.20. The van der Waals surface area contributed by atoms with Gasteiger partial charge in [-0.05, 0) is 24.8 Å². The van der Waals surface area contributed by atoms with Crippen LogP contribution in [0, 0.1) is 5.92 Å². The molecule has 0 aromatic carbocycles. The maximum atomic E-state index is 11.5. The first-order valence-electron chi connectivity index (χ1n) is 5.34. The Morgan fingerprint density at radius 1 is 1.44 bits per heavy atom. The summed E-state index contributed by atoms with van der Waals surface area (Å²) < 4.78 is 9.97. The fourth-order valence-electron chi connectivity index (χ4n) is 1.46. The van der Waals surface area contributed by atoms with E-state index in [1.807, 2.05) is 0 Å². The van der Waals surface area contributed by atoms with Crippen molar-refractivity contribution in [1.29, 1.82) is 0 Å². The van der Waals surface area contributed by atoms with E-state index in [-0.39, 0.29) is 5.69 Å². The molecule has 86 valence electrons. The largest absolute Gasteiger partial charge is 0.480 e. The molecule has 0 aliphatic heterocycles. The maximum Gasteiger partial charge on any atom is 0.358 e. The molecule has 1 heterocycles. The standard InChI is InChI=1S/C11H14N2O3/c1-15-10-6-5-9(12-13-10)11(14)16-7-8-3-2-4-8/h5-6,8H,2-4,7H2,1H3. The Kier molecular flexibility index (Phi) is 3.34. The monoisotopic (exact) mass is 222 g/mol. The van der Waals surface area contributed by atoms with Gasteiger partial charge in [-0.2, -0.15) is 0 Å². The van der Waals surface area contributed by atoms with Gasteiger partial charge in [-0.15, -0.1) is 10.2 Å². The predicted molar refractivity (Wildman–Crippen MR) is 56.2 cm³/mol. The molecule has 5 nitrogen and oxygen atoms in total. The van der Waals surface area contributed by atoms with Crippen LogP contribution in [0.25, 0.3) is 0 Å². The van der Waals surface area contributed by atoms with E-state index >= 15 is 0 Å². The zero-order valence-corrected chi connectivity index (χ0v) is 9.18. The van der Waals surface area contributed by atoms with Crippen LogP contribution >= 0.6 is 0 Å². The molecule has 0 unspecified atom stereocenters. The first-order valence-corrected chi connectivity index (χ1v) is 5.34. The number of carbonyl (C=O) groups is 1. The van der Waals surface area contributed by atoms with E-state index in [4.69, 9.17) is 9.47 Å². The Labute approximate surface area is 93.8 Å². The summed E-state index contributed by atoms with van der Waals surface area (Å²) in [5.74, 6) is 0.507. The van der Waals surface area contributed by atoms with E-state index in [0.717, 1.165) is 12.8 Å². The molecule has 0 bridgehead atoms. The molecular formula is C11H14N2O3. The molecule has 1 aromatic rings. The van der Waals surface area contributed by atoms with Gasteiger partial charge in [-0.1, -0.05) is 6.42 Å². The summed E-state index contributed by atoms with van der Waals surface area (Å²) in [5, 5.41) is 7.43. The van der Waals surface area contributed by atoms with Gasteiger partial charge in [0.2, 0.25) is 5.88 Å². The number of carbonyl (C=O) groups excluding carboxylic acids is 1. The van der Waals surface area contributed by atoms with Crippen molar-refractivity contribution in [2.24, 2.45) is 5.92 Å². The minimum atomic E-state index is -0.415. The summed E-state index contributed by atoms with van der Waals surface area (Å²) >= 11 is 0. The maximum absolute atomic E-state index is 11.5. The van der Waals surface area contributed by atoms with Gasteiger partial charge in [0.1, 0.15) is 0 Å². The van der Waals surface area contributed by atoms with Crippen LogP contribution in [0.1, 0.15) is 29.8 Å². The van der Waals surface area contributed by atoms with E-state index in [1.54, 1.807) is 12.1 Å². The second kappa shape index (κ2) is 4.92. The highest BCUT2D eigenvalue weighted by Crippen LogP contribution is 2.26. The molecule has 1 saturated carbocycles. The van der Waals surface area contributed by atoms with E-state index in [0.29, 0.717) is 18.4 Å². The zero-order chi connectivity index (χ0) is 11.4. The topological polar surface area (TPSA) is 61.3 Å². The van der Waals surface area contributed by atoms with Crippen LogP contribution in [0.3, 0.4) is 0 Å². The van der Waals surface area contributed by atoms with Crippen molar-refractivity contribution in [2.45, 2.75) is 19.3 Å². The molecule has 1 aliphatic carbocycles. The van der Waals surface area contributed by atoms with Gasteiger partial charge in [-0.3, -0.25) is 0 Å². The first kappa shape index (κ1) is 10.9. The third-order valence-electron chi connectivity index (χ3n) is 2.73. The average Bonchev–Trinajstić information content (AvgIpc) is 2.27. The SMILES string of the molecule is COc1ccc(C(=O)OCC2CCC2)nn1. The molecule has 0 amide bonds. The highest BCUT2D eigenvalue weighted by molar-refractivity contribution is 5.86. The van der Waals surface area contributed by atoms with Crippen LogP contribution in [0.5, 0.6) is 5.88 Å². The number of hydrogen-bond acceptors (Lipinski definition) is 5. The van der Waals surface area contributed by atoms with Gasteiger partial charge in [0, 0.05) is 6.07 Å². The summed E-state index contributed by atoms with van der Waals surface area (Å²) in [4.78, 5) is 11.5. The summed E-state index contributed by atoms with van der Waals surface area (Å²) in [6.45, 7) is 0.493. The van der Waals surface area contributed by atoms with Gasteiger partial charge in [0.25, 0.3) is 0 Å². The second-order valence-electron chi connectivity index (χ2n) is 3.86. The molecule has 0 saturated heterocycles. The van der Waals surface area contributed by atoms with Crippen molar-refractivity contribution in [3.63, 3.8) is 0 Å². The Balaban J connectivity index is 1.86. The van der Waals surface area contributed by atoms with Gasteiger partial charge in [0.05, 0.1) is 13.7 Å². The van der Waals surface area contributed by atoms with Gasteiger partial charge >= 0.3 is 5.97 Å². The zero-order valence-electron chi connectivity index (χ0n) is 9.18. The van der Waals surface area contributed by atoms with Gasteiger partial charge in [0.15, 0.2) is 5.69 Å². The van der Waals surface area contributed by atoms with Crippen molar-refractivity contribution in [3.8, 4) is 5.88 Å². The number of ether oxygens (including phenoxy) is 2. The lowest BCUT2D eigenvalue weighted by Gasteiger charge is -2.24. The molecule has 0 spiro atoms. The van der Waals surface area contributed by atoms with E-state index < -0.39 is 5.97 Å². The number of esters is 1. The molecule has 0 radical (unpaired) electrons. The number of aromatic nitrogens is 2. The molecule has 16 heavy (non-hydrogen) atoms. The molecule has 1 aliphatic rings. The fourth-order valence-corrected chi connectivity index (χ4v) is 1.46. The van der Waals surface area contributed by atoms with Crippen molar-refractivity contribution in [2.75, 3.05) is 13.7 Å².